The first-order chi connectivity index (χ1) is 16.7. The number of benzene rings is 1. The summed E-state index contributed by atoms with van der Waals surface area (Å²) in [6.45, 7) is 1.21. The van der Waals surface area contributed by atoms with E-state index in [1.807, 2.05) is 0 Å². The number of alkyl halides is 2. The van der Waals surface area contributed by atoms with Gasteiger partial charge in [0.05, 0.1) is 25.5 Å². The Morgan fingerprint density at radius 2 is 1.69 bits per heavy atom. The summed E-state index contributed by atoms with van der Waals surface area (Å²) >= 11 is 0. The van der Waals surface area contributed by atoms with Gasteiger partial charge >= 0.3 is 0 Å². The van der Waals surface area contributed by atoms with Crippen molar-refractivity contribution < 1.29 is 36.3 Å². The van der Waals surface area contributed by atoms with Gasteiger partial charge in [-0.25, -0.2) is 26.9 Å². The molecule has 1 unspecified atom stereocenters. The number of amides is 2. The van der Waals surface area contributed by atoms with E-state index in [1.165, 1.54) is 14.4 Å². The summed E-state index contributed by atoms with van der Waals surface area (Å²) in [5, 5.41) is 0. The van der Waals surface area contributed by atoms with Crippen LogP contribution in [-0.2, 0) is 29.0 Å². The number of rotatable bonds is 6. The Labute approximate surface area is 197 Å². The second kappa shape index (κ2) is 10.3. The van der Waals surface area contributed by atoms with Crippen LogP contribution >= 0.6 is 0 Å². The quantitative estimate of drug-likeness (QED) is 0.483. The average Bonchev–Trinajstić information content (AvgIpc) is 3.21. The minimum Gasteiger partial charge on any atom is -0.378 e. The molecule has 0 radical (unpaired) electrons. The van der Waals surface area contributed by atoms with E-state index in [0.29, 0.717) is 38.4 Å². The van der Waals surface area contributed by atoms with Crippen molar-refractivity contribution in [2.45, 2.75) is 38.4 Å². The first-order valence-electron chi connectivity index (χ1n) is 11.1. The zero-order valence-electron chi connectivity index (χ0n) is 18.7. The first kappa shape index (κ1) is 25.0. The Hall–Kier alpha value is -3.06. The summed E-state index contributed by atoms with van der Waals surface area (Å²) in [6, 6.07) is 0.211. The fraction of sp³-hybridized carbons (Fsp3) is 0.500. The van der Waals surface area contributed by atoms with Gasteiger partial charge in [-0.05, 0) is 18.1 Å². The summed E-state index contributed by atoms with van der Waals surface area (Å²) < 4.78 is 74.2. The molecule has 2 N–H and O–H groups in total. The minimum atomic E-state index is -2.90. The summed E-state index contributed by atoms with van der Waals surface area (Å²) in [7, 11) is 0. The summed E-state index contributed by atoms with van der Waals surface area (Å²) in [5.74, 6) is -5.02. The highest BCUT2D eigenvalue weighted by Crippen LogP contribution is 2.27. The van der Waals surface area contributed by atoms with Crippen LogP contribution < -0.4 is 5.73 Å². The molecule has 1 aromatic carbocycles. The molecule has 0 saturated carbocycles. The number of nitrogens with zero attached hydrogens (tertiary/aromatic N) is 4. The molecule has 1 fully saturated rings. The van der Waals surface area contributed by atoms with Gasteiger partial charge in [0.2, 0.25) is 5.91 Å². The molecule has 35 heavy (non-hydrogen) atoms. The Kier molecular flexibility index (Phi) is 7.36. The number of hydrogen-bond acceptors (Lipinski definition) is 5. The van der Waals surface area contributed by atoms with E-state index in [9.17, 15) is 31.5 Å². The standard InChI is InChI=1S/C22H24F5N5O3/c23-14-10-16(25)15(24)8-12(14)7-13(28)9-18(33)31-1-2-32-17(11-31)19(29-21(32)20(26)27)22(34)30-3-5-35-6-4-30/h8,10,13,20H,1-7,9,11,28H2. The van der Waals surface area contributed by atoms with Crippen LogP contribution in [0.25, 0.3) is 0 Å². The van der Waals surface area contributed by atoms with Crippen LogP contribution in [0.5, 0.6) is 0 Å². The smallest absolute Gasteiger partial charge is 0.295 e. The number of fused-ring (bicyclic) bond motifs is 1. The van der Waals surface area contributed by atoms with Gasteiger partial charge in [0.1, 0.15) is 5.82 Å². The highest BCUT2D eigenvalue weighted by atomic mass is 19.3. The van der Waals surface area contributed by atoms with Gasteiger partial charge in [-0.2, -0.15) is 0 Å². The van der Waals surface area contributed by atoms with Gasteiger partial charge in [0.25, 0.3) is 12.3 Å². The van der Waals surface area contributed by atoms with Crippen LogP contribution in [0, 0.1) is 17.5 Å². The molecule has 8 nitrogen and oxygen atoms in total. The van der Waals surface area contributed by atoms with E-state index in [0.717, 1.165) is 0 Å². The van der Waals surface area contributed by atoms with Crippen molar-refractivity contribution in [3.8, 4) is 0 Å². The monoisotopic (exact) mass is 501 g/mol. The van der Waals surface area contributed by atoms with Crippen LogP contribution in [0.2, 0.25) is 0 Å². The number of carbonyl (C=O) groups excluding carboxylic acids is 2. The maximum atomic E-state index is 13.9. The lowest BCUT2D eigenvalue weighted by molar-refractivity contribution is -0.133. The van der Waals surface area contributed by atoms with Crippen LogP contribution in [0.1, 0.15) is 40.4 Å². The number of carbonyl (C=O) groups is 2. The fourth-order valence-electron chi connectivity index (χ4n) is 4.29. The molecular formula is C22H24F5N5O3. The lowest BCUT2D eigenvalue weighted by Crippen LogP contribution is -2.43. The van der Waals surface area contributed by atoms with Crippen molar-refractivity contribution in [1.29, 1.82) is 0 Å². The third kappa shape index (κ3) is 5.30. The number of nitrogens with two attached hydrogens (primary N) is 1. The molecule has 2 aromatic rings. The fourth-order valence-corrected chi connectivity index (χ4v) is 4.29. The van der Waals surface area contributed by atoms with Crippen molar-refractivity contribution in [2.24, 2.45) is 5.73 Å². The molecule has 2 aliphatic heterocycles. The molecule has 4 rings (SSSR count). The number of aromatic nitrogens is 2. The second-order valence-corrected chi connectivity index (χ2v) is 8.46. The molecular weight excluding hydrogens is 477 g/mol. The normalized spacial score (nSPS) is 17.0. The van der Waals surface area contributed by atoms with Crippen molar-refractivity contribution in [1.82, 2.24) is 19.4 Å². The summed E-state index contributed by atoms with van der Waals surface area (Å²) in [6.07, 6.45) is -3.36. The van der Waals surface area contributed by atoms with Gasteiger partial charge in [-0.3, -0.25) is 9.59 Å². The van der Waals surface area contributed by atoms with Gasteiger partial charge in [-0.1, -0.05) is 0 Å². The number of ether oxygens (including phenoxy) is 1. The van der Waals surface area contributed by atoms with E-state index < -0.39 is 47.6 Å². The molecule has 0 spiro atoms. The van der Waals surface area contributed by atoms with Crippen molar-refractivity contribution >= 4 is 11.8 Å². The van der Waals surface area contributed by atoms with Gasteiger partial charge < -0.3 is 24.8 Å². The number of hydrogen-bond donors (Lipinski definition) is 1. The highest BCUT2D eigenvalue weighted by molar-refractivity contribution is 5.94. The predicted molar refractivity (Wildman–Crippen MR) is 112 cm³/mol. The Bertz CT molecular complexity index is 1120. The van der Waals surface area contributed by atoms with Crippen molar-refractivity contribution in [3.05, 3.63) is 52.4 Å². The predicted octanol–water partition coefficient (Wildman–Crippen LogP) is 2.01. The lowest BCUT2D eigenvalue weighted by atomic mass is 10.0. The number of halogens is 5. The molecule has 1 atom stereocenters. The molecule has 1 aromatic heterocycles. The van der Waals surface area contributed by atoms with E-state index in [4.69, 9.17) is 10.5 Å². The van der Waals surface area contributed by atoms with Crippen molar-refractivity contribution in [3.63, 3.8) is 0 Å². The molecule has 1 saturated heterocycles. The second-order valence-electron chi connectivity index (χ2n) is 8.46. The zero-order chi connectivity index (χ0) is 25.3. The van der Waals surface area contributed by atoms with Gasteiger partial charge in [-0.15, -0.1) is 0 Å². The number of imidazole rings is 1. The minimum absolute atomic E-state index is 0.0111. The molecule has 0 bridgehead atoms. The molecule has 190 valence electrons. The third-order valence-corrected chi connectivity index (χ3v) is 6.09. The van der Waals surface area contributed by atoms with Crippen LogP contribution in [-0.4, -0.2) is 70.1 Å². The topological polar surface area (TPSA) is 93.7 Å². The van der Waals surface area contributed by atoms with E-state index >= 15 is 0 Å². The van der Waals surface area contributed by atoms with E-state index in [1.54, 1.807) is 0 Å². The van der Waals surface area contributed by atoms with Crippen molar-refractivity contribution in [2.75, 3.05) is 32.8 Å². The molecule has 2 amide bonds. The number of morpholine rings is 1. The molecule has 13 heteroatoms. The maximum Gasteiger partial charge on any atom is 0.295 e. The van der Waals surface area contributed by atoms with Crippen LogP contribution in [0.4, 0.5) is 22.0 Å². The maximum absolute atomic E-state index is 13.9. The van der Waals surface area contributed by atoms with Crippen LogP contribution in [0.3, 0.4) is 0 Å². The van der Waals surface area contributed by atoms with E-state index in [2.05, 4.69) is 4.98 Å². The SMILES string of the molecule is NC(CC(=O)N1CCn2c(C(F)F)nc(C(=O)N3CCOCC3)c2C1)Cc1cc(F)c(F)cc1F. The average molecular weight is 501 g/mol. The summed E-state index contributed by atoms with van der Waals surface area (Å²) in [4.78, 5) is 32.6. The van der Waals surface area contributed by atoms with Gasteiger partial charge in [0.15, 0.2) is 23.2 Å². The Morgan fingerprint density at radius 3 is 2.37 bits per heavy atom. The highest BCUT2D eigenvalue weighted by Gasteiger charge is 2.34. The van der Waals surface area contributed by atoms with E-state index in [-0.39, 0.29) is 49.4 Å². The Morgan fingerprint density at radius 1 is 1.00 bits per heavy atom. The first-order valence-corrected chi connectivity index (χ1v) is 11.1. The Balaban J connectivity index is 1.48. The zero-order valence-corrected chi connectivity index (χ0v) is 18.7. The van der Waals surface area contributed by atoms with Gasteiger partial charge in [0, 0.05) is 44.7 Å². The molecule has 0 aliphatic carbocycles. The molecule has 2 aliphatic rings. The largest absolute Gasteiger partial charge is 0.378 e. The summed E-state index contributed by atoms with van der Waals surface area (Å²) in [5.41, 5.74) is 5.87. The third-order valence-electron chi connectivity index (χ3n) is 6.09. The van der Waals surface area contributed by atoms with Crippen LogP contribution in [0.15, 0.2) is 12.1 Å². The molecule has 3 heterocycles. The lowest BCUT2D eigenvalue weighted by Gasteiger charge is -2.31.